The van der Waals surface area contributed by atoms with Gasteiger partial charge in [-0.05, 0) is 148 Å². The number of hydrogen-bond acceptors (Lipinski definition) is 22. The molecule has 30 heteroatoms. The monoisotopic (exact) mass is 1600 g/mol. The molecule has 4 aromatic carbocycles. The third kappa shape index (κ3) is 43.9. The first-order valence-electron chi connectivity index (χ1n) is 36.4. The maximum absolute atomic E-state index is 14.2. The number of nitrogens with one attached hydrogen (secondary N) is 4. The molecule has 3 saturated heterocycles. The van der Waals surface area contributed by atoms with Crippen LogP contribution in [0.25, 0.3) is 0 Å². The molecule has 0 saturated carbocycles. The maximum atomic E-state index is 14.2. The third-order valence-corrected chi connectivity index (χ3v) is 15.2. The average molecular weight is 1610 g/mol. The van der Waals surface area contributed by atoms with Crippen molar-refractivity contribution in [3.8, 4) is 36.2 Å². The molecule has 3 aliphatic rings. The Balaban J connectivity index is 0.000000837. The van der Waals surface area contributed by atoms with Crippen molar-refractivity contribution in [3.63, 3.8) is 0 Å². The summed E-state index contributed by atoms with van der Waals surface area (Å²) in [5, 5.41) is 10.0. The van der Waals surface area contributed by atoms with Crippen molar-refractivity contribution < 1.29 is 141 Å². The Labute approximate surface area is 670 Å². The maximum Gasteiger partial charge on any atom is 0.415 e. The summed E-state index contributed by atoms with van der Waals surface area (Å²) >= 11 is 0. The number of alkyl carbamates (subject to hydrolysis) is 3. The zero-order valence-electron chi connectivity index (χ0n) is 66.9. The topological polar surface area (TPSA) is 393 Å². The quantitative estimate of drug-likeness (QED) is 0.0124. The molecule has 0 radical (unpaired) electrons. The van der Waals surface area contributed by atoms with Crippen molar-refractivity contribution in [2.24, 2.45) is 11.3 Å². The van der Waals surface area contributed by atoms with Gasteiger partial charge in [0.1, 0.15) is 71.3 Å². The van der Waals surface area contributed by atoms with Crippen LogP contribution >= 0.6 is 0 Å². The smallest absolute Gasteiger partial charge is 0.415 e. The second-order valence-electron chi connectivity index (χ2n) is 30.4. The van der Waals surface area contributed by atoms with Gasteiger partial charge in [0, 0.05) is 44.6 Å². The van der Waals surface area contributed by atoms with Gasteiger partial charge >= 0.3 is 48.1 Å². The Hall–Kier alpha value is -9.49. The van der Waals surface area contributed by atoms with E-state index >= 15 is 0 Å². The fourth-order valence-corrected chi connectivity index (χ4v) is 10.4. The van der Waals surface area contributed by atoms with E-state index in [4.69, 9.17) is 50.7 Å². The molecule has 3 unspecified atom stereocenters. The van der Waals surface area contributed by atoms with E-state index in [2.05, 4.69) is 58.8 Å². The van der Waals surface area contributed by atoms with Crippen LogP contribution in [-0.2, 0) is 107 Å². The van der Waals surface area contributed by atoms with Crippen LogP contribution in [0.4, 0.5) is 14.4 Å². The molecule has 6 atom stereocenters. The van der Waals surface area contributed by atoms with E-state index in [1.807, 2.05) is 165 Å². The molecular formula is C82H114Cl2N6O22. The van der Waals surface area contributed by atoms with Gasteiger partial charge < -0.3 is 110 Å². The van der Waals surface area contributed by atoms with Crippen LogP contribution in [0.5, 0.6) is 11.5 Å². The fourth-order valence-electron chi connectivity index (χ4n) is 10.4. The number of Topliss-reactive ketones (excluding diaryl/α,β-unsaturated/α-hetero) is 2. The van der Waals surface area contributed by atoms with Gasteiger partial charge in [-0.25, -0.2) is 28.8 Å². The minimum atomic E-state index is -1.11. The lowest BCUT2D eigenvalue weighted by Crippen LogP contribution is -3.00. The Morgan fingerprint density at radius 2 is 0.884 bits per heavy atom. The number of ether oxygens (including phenoxy) is 11. The molecule has 0 spiro atoms. The van der Waals surface area contributed by atoms with Gasteiger partial charge in [0.15, 0.2) is 11.6 Å². The van der Waals surface area contributed by atoms with E-state index in [-0.39, 0.29) is 79.9 Å². The summed E-state index contributed by atoms with van der Waals surface area (Å²) < 4.78 is 55.9. The van der Waals surface area contributed by atoms with Crippen molar-refractivity contribution in [1.29, 1.82) is 0 Å². The number of terminal acetylenes is 2. The third-order valence-electron chi connectivity index (χ3n) is 15.2. The summed E-state index contributed by atoms with van der Waals surface area (Å²) in [7, 11) is 0. The number of rotatable bonds is 35. The number of carbonyl (C=O) groups is 11. The van der Waals surface area contributed by atoms with Crippen LogP contribution in [0, 0.1) is 36.0 Å². The predicted molar refractivity (Wildman–Crippen MR) is 406 cm³/mol. The number of ketones is 2. The van der Waals surface area contributed by atoms with Crippen LogP contribution in [0.3, 0.4) is 0 Å². The zero-order chi connectivity index (χ0) is 82.3. The lowest BCUT2D eigenvalue weighted by atomic mass is 9.71. The van der Waals surface area contributed by atoms with Gasteiger partial charge in [0.2, 0.25) is 5.91 Å². The summed E-state index contributed by atoms with van der Waals surface area (Å²) in [6.07, 6.45) is 9.65. The summed E-state index contributed by atoms with van der Waals surface area (Å²) in [6.45, 7) is 30.2. The fraction of sp³-hybridized carbons (Fsp3) is 0.524. The zero-order valence-corrected chi connectivity index (χ0v) is 68.4. The Morgan fingerprint density at radius 1 is 0.491 bits per heavy atom. The highest BCUT2D eigenvalue weighted by Crippen LogP contribution is 2.35. The van der Waals surface area contributed by atoms with Gasteiger partial charge in [0.05, 0.1) is 58.5 Å². The van der Waals surface area contributed by atoms with E-state index in [1.165, 1.54) is 0 Å². The first kappa shape index (κ1) is 101. The normalized spacial score (nSPS) is 15.8. The van der Waals surface area contributed by atoms with Crippen LogP contribution < -0.4 is 67.0 Å². The van der Waals surface area contributed by atoms with Crippen molar-refractivity contribution >= 4 is 65.6 Å². The Kier molecular flexibility index (Phi) is 45.3. The number of esters is 5. The van der Waals surface area contributed by atoms with E-state index in [0.717, 1.165) is 40.3 Å². The average Bonchev–Trinajstić information content (AvgIpc) is 1.22. The lowest BCUT2D eigenvalue weighted by Gasteiger charge is -2.34. The second kappa shape index (κ2) is 50.5. The van der Waals surface area contributed by atoms with Crippen LogP contribution in [0.1, 0.15) is 151 Å². The van der Waals surface area contributed by atoms with Gasteiger partial charge in [-0.3, -0.25) is 24.0 Å². The van der Waals surface area contributed by atoms with E-state index in [1.54, 1.807) is 41.5 Å². The van der Waals surface area contributed by atoms with Gasteiger partial charge in [-0.2, -0.15) is 0 Å². The SMILES string of the molecule is C#CCOCCOCCCC(=O)C(CC(=O)OC(C)(C)C)NC(=O)C(Cc1ccccc1)C(C)(C)CC(=O)C([NH3+])Cc1ccc(OC(C)(C)C)cc1.C#CCOCCOCC[NH3+].CC(C)(C)OC(=O)C[C@@H]1NC(=O)OC1=O.CC(C)(C)Oc1ccc(C[C@@H]2NC(=O)OC2=O)cc1.O=C1N[C@@H](Cc2ccccc2)C(=O)O1.[Cl-].[Cl-]. The molecule has 10 N–H and O–H groups in total. The molecule has 7 rings (SSSR count). The van der Waals surface area contributed by atoms with Gasteiger partial charge in [-0.15, -0.1) is 12.8 Å². The standard InChI is InChI=1S/C42H60N2O8.C14H17NO4.C10H9NO3.C9H13NO5.C7H13NO2.2ClH/c1-10-22-49-24-25-50-23-14-17-36(45)35(28-38(47)52-41(5,6)7)44-39(48)33(26-30-15-12-11-13-16-30)42(8,9)29-37(46)34(43)27-31-18-20-32(21-19-31)51-40(2,3)4;1-14(2,3)19-10-6-4-9(5-7-10)8-11-12(16)18-13(17)15-11;12-9-8(11-10(13)14-9)6-7-4-2-1-3-5-7;1-9(2,3)15-6(11)4-5-7(12)14-8(13)10-5;1-2-4-9-6-7-10-5-3-8;;/h1,11-13,15-16,18-21,33-35H,14,17,22-29,43H2,2-9H3,(H,44,48);4-7,11H,8H2,1-3H3,(H,15,17);1-5,8H,6H2,(H,11,13);5H,4H2,1-3H3,(H,10,13);1H,3-8H2;2*1H/t;11-;8-;5-;;;/m.000.../s1. The molecule has 28 nitrogen and oxygen atoms in total. The number of amides is 4. The number of halogens is 2. The number of cyclic esters (lactones) is 6. The van der Waals surface area contributed by atoms with Crippen LogP contribution in [0.2, 0.25) is 0 Å². The molecule has 3 heterocycles. The van der Waals surface area contributed by atoms with E-state index in [0.29, 0.717) is 78.4 Å². The summed E-state index contributed by atoms with van der Waals surface area (Å²) in [5.41, 5.74) is 8.83. The van der Waals surface area contributed by atoms with E-state index < -0.39 is 107 Å². The molecule has 0 aliphatic carbocycles. The number of hydrogen-bond donors (Lipinski definition) is 6. The van der Waals surface area contributed by atoms with Crippen molar-refractivity contribution in [1.82, 2.24) is 21.3 Å². The molecule has 3 fully saturated rings. The number of quaternary nitrogens is 2. The Morgan fingerprint density at radius 3 is 1.29 bits per heavy atom. The minimum absolute atomic E-state index is 0. The van der Waals surface area contributed by atoms with Crippen LogP contribution in [-0.4, -0.2) is 178 Å². The van der Waals surface area contributed by atoms with Gasteiger partial charge in [-0.1, -0.05) is 111 Å². The summed E-state index contributed by atoms with van der Waals surface area (Å²) in [4.78, 5) is 131. The highest BCUT2D eigenvalue weighted by atomic mass is 35.5. The molecule has 4 amide bonds. The summed E-state index contributed by atoms with van der Waals surface area (Å²) in [5.74, 6) is 1.85. The largest absolute Gasteiger partial charge is 1.00 e. The molecule has 0 bridgehead atoms. The molecule has 618 valence electrons. The predicted octanol–water partition coefficient (Wildman–Crippen LogP) is 1.25. The number of benzene rings is 4. The lowest BCUT2D eigenvalue weighted by molar-refractivity contribution is -0.403. The minimum Gasteiger partial charge on any atom is -1.00 e. The van der Waals surface area contributed by atoms with Crippen LogP contribution in [0.15, 0.2) is 109 Å². The van der Waals surface area contributed by atoms with Crippen molar-refractivity contribution in [3.05, 3.63) is 131 Å². The molecular weight excluding hydrogens is 1490 g/mol. The molecule has 4 aromatic rings. The molecule has 3 aliphatic heterocycles. The first-order valence-corrected chi connectivity index (χ1v) is 36.4. The highest BCUT2D eigenvalue weighted by molar-refractivity contribution is 5.98. The first-order chi connectivity index (χ1) is 51.6. The molecule has 0 aromatic heterocycles. The molecule has 112 heavy (non-hydrogen) atoms. The van der Waals surface area contributed by atoms with Crippen molar-refractivity contribution in [2.45, 2.75) is 207 Å². The summed E-state index contributed by atoms with van der Waals surface area (Å²) in [6, 6.07) is 30.4. The van der Waals surface area contributed by atoms with Crippen molar-refractivity contribution in [2.75, 3.05) is 59.4 Å². The van der Waals surface area contributed by atoms with Gasteiger partial charge in [0.25, 0.3) is 0 Å². The van der Waals surface area contributed by atoms with E-state index in [9.17, 15) is 52.7 Å². The Bertz CT molecular complexity index is 3690. The highest BCUT2D eigenvalue weighted by Gasteiger charge is 2.41. The number of carbonyl (C=O) groups excluding carboxylic acids is 11. The second-order valence-corrected chi connectivity index (χ2v) is 30.4.